The van der Waals surface area contributed by atoms with Crippen molar-refractivity contribution in [2.24, 2.45) is 5.41 Å². The minimum absolute atomic E-state index is 0.132. The second kappa shape index (κ2) is 7.01. The average Bonchev–Trinajstić information content (AvgIpc) is 3.41. The van der Waals surface area contributed by atoms with Crippen LogP contribution in [0.5, 0.6) is 0 Å². The number of halogens is 2. The lowest BCUT2D eigenvalue weighted by molar-refractivity contribution is -0.134. The molecule has 0 atom stereocenters. The van der Waals surface area contributed by atoms with Gasteiger partial charge in [-0.2, -0.15) is 0 Å². The SMILES string of the molecule is O=C(NCCc1ccccc1)C1(C(=O)Nc2ccc(F)c(F)c2)CC1. The van der Waals surface area contributed by atoms with E-state index in [1.54, 1.807) is 0 Å². The van der Waals surface area contributed by atoms with Crippen molar-refractivity contribution < 1.29 is 18.4 Å². The van der Waals surface area contributed by atoms with Crippen molar-refractivity contribution in [1.82, 2.24) is 5.32 Å². The van der Waals surface area contributed by atoms with Crippen molar-refractivity contribution in [3.8, 4) is 0 Å². The molecular weight excluding hydrogens is 326 g/mol. The van der Waals surface area contributed by atoms with Crippen molar-refractivity contribution in [3.05, 3.63) is 65.7 Å². The van der Waals surface area contributed by atoms with Crippen LogP contribution < -0.4 is 10.6 Å². The van der Waals surface area contributed by atoms with E-state index in [4.69, 9.17) is 0 Å². The standard InChI is InChI=1S/C19H18F2N2O2/c20-15-7-6-14(12-16(15)21)23-18(25)19(9-10-19)17(24)22-11-8-13-4-2-1-3-5-13/h1-7,12H,8-11H2,(H,22,24)(H,23,25). The minimum Gasteiger partial charge on any atom is -0.355 e. The summed E-state index contributed by atoms with van der Waals surface area (Å²) in [4.78, 5) is 24.7. The first-order valence-corrected chi connectivity index (χ1v) is 8.10. The maximum Gasteiger partial charge on any atom is 0.240 e. The third-order valence-corrected chi connectivity index (χ3v) is 4.34. The predicted molar refractivity (Wildman–Crippen MR) is 89.8 cm³/mol. The monoisotopic (exact) mass is 344 g/mol. The summed E-state index contributed by atoms with van der Waals surface area (Å²) in [5.41, 5.74) is 0.118. The highest BCUT2D eigenvalue weighted by Crippen LogP contribution is 2.46. The Labute approximate surface area is 144 Å². The molecule has 0 radical (unpaired) electrons. The zero-order valence-electron chi connectivity index (χ0n) is 13.5. The van der Waals surface area contributed by atoms with E-state index < -0.39 is 23.0 Å². The van der Waals surface area contributed by atoms with Crippen LogP contribution in [0.1, 0.15) is 18.4 Å². The number of amides is 2. The van der Waals surface area contributed by atoms with E-state index in [0.29, 0.717) is 25.8 Å². The Bertz CT molecular complexity index is 789. The Morgan fingerprint density at radius 1 is 0.960 bits per heavy atom. The summed E-state index contributed by atoms with van der Waals surface area (Å²) < 4.78 is 26.2. The van der Waals surface area contributed by atoms with Crippen molar-refractivity contribution >= 4 is 17.5 Å². The van der Waals surface area contributed by atoms with Crippen LogP contribution in [0.2, 0.25) is 0 Å². The van der Waals surface area contributed by atoms with Crippen molar-refractivity contribution in [2.45, 2.75) is 19.3 Å². The fraction of sp³-hybridized carbons (Fsp3) is 0.263. The van der Waals surface area contributed by atoms with Gasteiger partial charge in [0.05, 0.1) is 0 Å². The summed E-state index contributed by atoms with van der Waals surface area (Å²) in [7, 11) is 0. The fourth-order valence-electron chi connectivity index (χ4n) is 2.64. The van der Waals surface area contributed by atoms with E-state index in [1.807, 2.05) is 30.3 Å². The molecule has 3 rings (SSSR count). The molecule has 2 aromatic carbocycles. The van der Waals surface area contributed by atoms with Gasteiger partial charge in [0.25, 0.3) is 0 Å². The molecule has 0 heterocycles. The molecule has 2 N–H and O–H groups in total. The Balaban J connectivity index is 1.56. The van der Waals surface area contributed by atoms with Gasteiger partial charge in [0.15, 0.2) is 11.6 Å². The topological polar surface area (TPSA) is 58.2 Å². The number of hydrogen-bond acceptors (Lipinski definition) is 2. The number of carbonyl (C=O) groups excluding carboxylic acids is 2. The molecular formula is C19H18F2N2O2. The number of carbonyl (C=O) groups is 2. The molecule has 0 saturated heterocycles. The molecule has 130 valence electrons. The van der Waals surface area contributed by atoms with Crippen LogP contribution in [0.15, 0.2) is 48.5 Å². The quantitative estimate of drug-likeness (QED) is 0.792. The van der Waals surface area contributed by atoms with Gasteiger partial charge in [-0.1, -0.05) is 30.3 Å². The van der Waals surface area contributed by atoms with Gasteiger partial charge >= 0.3 is 0 Å². The number of nitrogens with one attached hydrogen (secondary N) is 2. The Kier molecular flexibility index (Phi) is 4.79. The maximum atomic E-state index is 13.2. The van der Waals surface area contributed by atoms with Crippen LogP contribution in [0.4, 0.5) is 14.5 Å². The Hall–Kier alpha value is -2.76. The molecule has 25 heavy (non-hydrogen) atoms. The van der Waals surface area contributed by atoms with E-state index in [-0.39, 0.29) is 11.6 Å². The summed E-state index contributed by atoms with van der Waals surface area (Å²) >= 11 is 0. The Morgan fingerprint density at radius 3 is 2.32 bits per heavy atom. The summed E-state index contributed by atoms with van der Waals surface area (Å²) in [6.07, 6.45) is 1.56. The van der Waals surface area contributed by atoms with Gasteiger partial charge in [-0.25, -0.2) is 8.78 Å². The molecule has 6 heteroatoms. The van der Waals surface area contributed by atoms with Gasteiger partial charge in [-0.3, -0.25) is 9.59 Å². The van der Waals surface area contributed by atoms with Crippen LogP contribution in [0, 0.1) is 17.0 Å². The van der Waals surface area contributed by atoms with Crippen LogP contribution in [0.3, 0.4) is 0 Å². The van der Waals surface area contributed by atoms with Crippen molar-refractivity contribution in [3.63, 3.8) is 0 Å². The summed E-state index contributed by atoms with van der Waals surface area (Å²) in [5.74, 6) is -2.85. The molecule has 0 bridgehead atoms. The van der Waals surface area contributed by atoms with Gasteiger partial charge in [0.1, 0.15) is 5.41 Å². The minimum atomic E-state index is -1.11. The lowest BCUT2D eigenvalue weighted by Crippen LogP contribution is -2.40. The van der Waals surface area contributed by atoms with Crippen molar-refractivity contribution in [1.29, 1.82) is 0 Å². The zero-order chi connectivity index (χ0) is 17.9. The lowest BCUT2D eigenvalue weighted by Gasteiger charge is -2.15. The van der Waals surface area contributed by atoms with Crippen LogP contribution in [0.25, 0.3) is 0 Å². The molecule has 0 aliphatic heterocycles. The first-order valence-electron chi connectivity index (χ1n) is 8.10. The summed E-state index contributed by atoms with van der Waals surface area (Å²) in [5, 5.41) is 5.28. The molecule has 1 fully saturated rings. The molecule has 0 spiro atoms. The average molecular weight is 344 g/mol. The number of anilines is 1. The fourth-order valence-corrected chi connectivity index (χ4v) is 2.64. The second-order valence-electron chi connectivity index (χ2n) is 6.16. The van der Waals surface area contributed by atoms with Gasteiger partial charge in [0, 0.05) is 18.3 Å². The van der Waals surface area contributed by atoms with Crippen LogP contribution in [-0.4, -0.2) is 18.4 Å². The zero-order valence-corrected chi connectivity index (χ0v) is 13.5. The van der Waals surface area contributed by atoms with E-state index >= 15 is 0 Å². The first-order chi connectivity index (χ1) is 12.0. The molecule has 0 unspecified atom stereocenters. The molecule has 4 nitrogen and oxygen atoms in total. The number of benzene rings is 2. The van der Waals surface area contributed by atoms with E-state index in [0.717, 1.165) is 17.7 Å². The normalized spacial score (nSPS) is 14.6. The molecule has 1 saturated carbocycles. The van der Waals surface area contributed by atoms with E-state index in [1.165, 1.54) is 6.07 Å². The molecule has 2 aromatic rings. The van der Waals surface area contributed by atoms with Gasteiger partial charge < -0.3 is 10.6 Å². The van der Waals surface area contributed by atoms with Crippen LogP contribution in [-0.2, 0) is 16.0 Å². The van der Waals surface area contributed by atoms with E-state index in [2.05, 4.69) is 10.6 Å². The molecule has 0 aromatic heterocycles. The number of hydrogen-bond donors (Lipinski definition) is 2. The molecule has 1 aliphatic rings. The summed E-state index contributed by atoms with van der Waals surface area (Å²) in [6.45, 7) is 0.434. The van der Waals surface area contributed by atoms with E-state index in [9.17, 15) is 18.4 Å². The molecule has 1 aliphatic carbocycles. The smallest absolute Gasteiger partial charge is 0.240 e. The third kappa shape index (κ3) is 3.84. The Morgan fingerprint density at radius 2 is 1.68 bits per heavy atom. The summed E-state index contributed by atoms with van der Waals surface area (Å²) in [6, 6.07) is 12.8. The highest BCUT2D eigenvalue weighted by molar-refractivity contribution is 6.13. The van der Waals surface area contributed by atoms with Crippen LogP contribution >= 0.6 is 0 Å². The van der Waals surface area contributed by atoms with Gasteiger partial charge in [-0.05, 0) is 37.0 Å². The largest absolute Gasteiger partial charge is 0.355 e. The molecule has 2 amide bonds. The second-order valence-corrected chi connectivity index (χ2v) is 6.16. The van der Waals surface area contributed by atoms with Gasteiger partial charge in [0.2, 0.25) is 11.8 Å². The maximum absolute atomic E-state index is 13.2. The third-order valence-electron chi connectivity index (χ3n) is 4.34. The van der Waals surface area contributed by atoms with Crippen molar-refractivity contribution in [2.75, 3.05) is 11.9 Å². The first kappa shape index (κ1) is 17.1. The number of rotatable bonds is 6. The highest BCUT2D eigenvalue weighted by atomic mass is 19.2. The predicted octanol–water partition coefficient (Wildman–Crippen LogP) is 3.04. The highest BCUT2D eigenvalue weighted by Gasteiger charge is 2.56. The van der Waals surface area contributed by atoms with Gasteiger partial charge in [-0.15, -0.1) is 0 Å². The lowest BCUT2D eigenvalue weighted by atomic mass is 10.0.